The minimum atomic E-state index is 0.0325. The van der Waals surface area contributed by atoms with Crippen LogP contribution < -0.4 is 14.8 Å². The number of aryl methyl sites for hydroxylation is 2. The van der Waals surface area contributed by atoms with E-state index in [0.717, 1.165) is 22.3 Å². The Bertz CT molecular complexity index is 915. The lowest BCUT2D eigenvalue weighted by molar-refractivity contribution is -0.121. The van der Waals surface area contributed by atoms with Crippen molar-refractivity contribution in [2.75, 3.05) is 14.2 Å². The third-order valence-electron chi connectivity index (χ3n) is 4.40. The van der Waals surface area contributed by atoms with Crippen molar-refractivity contribution < 1.29 is 14.3 Å². The number of carbonyl (C=O) groups excluding carboxylic acids is 1. The van der Waals surface area contributed by atoms with Gasteiger partial charge in [0, 0.05) is 24.2 Å². The van der Waals surface area contributed by atoms with Crippen LogP contribution in [0.25, 0.3) is 10.9 Å². The van der Waals surface area contributed by atoms with Gasteiger partial charge in [0.1, 0.15) is 0 Å². The second-order valence-electron chi connectivity index (χ2n) is 6.34. The van der Waals surface area contributed by atoms with E-state index in [4.69, 9.17) is 9.47 Å². The first kappa shape index (κ1) is 17.9. The highest BCUT2D eigenvalue weighted by Crippen LogP contribution is 2.28. The first-order valence-corrected chi connectivity index (χ1v) is 8.65. The van der Waals surface area contributed by atoms with Gasteiger partial charge in [0.2, 0.25) is 5.91 Å². The molecule has 2 N–H and O–H groups in total. The van der Waals surface area contributed by atoms with Crippen molar-refractivity contribution in [2.45, 2.75) is 26.3 Å². The number of nitrogens with one attached hydrogen (secondary N) is 2. The van der Waals surface area contributed by atoms with Gasteiger partial charge in [-0.15, -0.1) is 0 Å². The average Bonchev–Trinajstić information content (AvgIpc) is 3.03. The van der Waals surface area contributed by atoms with Gasteiger partial charge >= 0.3 is 0 Å². The molecular formula is C21H24N2O3. The van der Waals surface area contributed by atoms with Gasteiger partial charge in [-0.05, 0) is 60.2 Å². The molecule has 0 spiro atoms. The summed E-state index contributed by atoms with van der Waals surface area (Å²) in [6.07, 6.45) is 1.09. The molecule has 1 heterocycles. The maximum absolute atomic E-state index is 12.2. The van der Waals surface area contributed by atoms with Gasteiger partial charge in [0.15, 0.2) is 11.5 Å². The number of aromatic nitrogens is 1. The number of carbonyl (C=O) groups is 1. The molecule has 0 saturated carbocycles. The molecule has 5 heteroatoms. The van der Waals surface area contributed by atoms with Gasteiger partial charge in [-0.2, -0.15) is 0 Å². The van der Waals surface area contributed by atoms with Crippen molar-refractivity contribution in [1.82, 2.24) is 10.3 Å². The Morgan fingerprint density at radius 2 is 1.77 bits per heavy atom. The Morgan fingerprint density at radius 1 is 1.00 bits per heavy atom. The van der Waals surface area contributed by atoms with Gasteiger partial charge in [0.05, 0.1) is 14.2 Å². The third-order valence-corrected chi connectivity index (χ3v) is 4.40. The molecule has 1 amide bonds. The molecule has 0 aliphatic rings. The molecule has 0 atom stereocenters. The molecule has 3 aromatic rings. The summed E-state index contributed by atoms with van der Waals surface area (Å²) in [6, 6.07) is 14.0. The van der Waals surface area contributed by atoms with Crippen LogP contribution in [-0.4, -0.2) is 25.1 Å². The molecule has 2 aromatic carbocycles. The molecule has 0 saturated heterocycles. The molecule has 26 heavy (non-hydrogen) atoms. The topological polar surface area (TPSA) is 63.3 Å². The zero-order valence-electron chi connectivity index (χ0n) is 15.4. The number of hydrogen-bond donors (Lipinski definition) is 2. The lowest BCUT2D eigenvalue weighted by atomic mass is 10.1. The van der Waals surface area contributed by atoms with Crippen molar-refractivity contribution in [3.8, 4) is 11.5 Å². The summed E-state index contributed by atoms with van der Waals surface area (Å²) in [5.74, 6) is 1.40. The van der Waals surface area contributed by atoms with E-state index in [1.807, 2.05) is 37.3 Å². The van der Waals surface area contributed by atoms with E-state index in [0.29, 0.717) is 30.9 Å². The summed E-state index contributed by atoms with van der Waals surface area (Å²) in [7, 11) is 3.22. The molecule has 5 nitrogen and oxygen atoms in total. The Morgan fingerprint density at radius 3 is 2.54 bits per heavy atom. The molecular weight excluding hydrogens is 328 g/mol. The maximum Gasteiger partial charge on any atom is 0.220 e. The summed E-state index contributed by atoms with van der Waals surface area (Å²) in [5, 5.41) is 4.15. The Kier molecular flexibility index (Phi) is 5.46. The summed E-state index contributed by atoms with van der Waals surface area (Å²) < 4.78 is 10.5. The summed E-state index contributed by atoms with van der Waals surface area (Å²) in [4.78, 5) is 15.5. The number of aromatic amines is 1. The number of fused-ring (bicyclic) bond motifs is 1. The number of amides is 1. The second-order valence-corrected chi connectivity index (χ2v) is 6.34. The minimum absolute atomic E-state index is 0.0325. The summed E-state index contributed by atoms with van der Waals surface area (Å²) >= 11 is 0. The molecule has 3 rings (SSSR count). The number of hydrogen-bond acceptors (Lipinski definition) is 3. The van der Waals surface area contributed by atoms with Crippen LogP contribution in [-0.2, 0) is 17.8 Å². The quantitative estimate of drug-likeness (QED) is 0.681. The molecule has 0 radical (unpaired) electrons. The van der Waals surface area contributed by atoms with Crippen molar-refractivity contribution >= 4 is 16.8 Å². The smallest absolute Gasteiger partial charge is 0.220 e. The molecule has 0 fully saturated rings. The number of rotatable bonds is 7. The fraction of sp³-hybridized carbons (Fsp3) is 0.286. The van der Waals surface area contributed by atoms with Gasteiger partial charge < -0.3 is 19.8 Å². The predicted octanol–water partition coefficient (Wildman–Crippen LogP) is 3.74. The van der Waals surface area contributed by atoms with E-state index >= 15 is 0 Å². The second kappa shape index (κ2) is 7.95. The van der Waals surface area contributed by atoms with Crippen LogP contribution in [0.4, 0.5) is 0 Å². The van der Waals surface area contributed by atoms with E-state index in [-0.39, 0.29) is 5.91 Å². The number of methoxy groups -OCH3 is 2. The molecule has 136 valence electrons. The Balaban J connectivity index is 1.53. The predicted molar refractivity (Wildman–Crippen MR) is 103 cm³/mol. The molecule has 0 aliphatic carbocycles. The third kappa shape index (κ3) is 4.17. The van der Waals surface area contributed by atoms with Crippen LogP contribution in [0.1, 0.15) is 23.2 Å². The van der Waals surface area contributed by atoms with Gasteiger partial charge in [-0.3, -0.25) is 4.79 Å². The van der Waals surface area contributed by atoms with Gasteiger partial charge in [-0.25, -0.2) is 0 Å². The van der Waals surface area contributed by atoms with Crippen LogP contribution in [0.15, 0.2) is 42.5 Å². The van der Waals surface area contributed by atoms with Crippen LogP contribution in [0, 0.1) is 6.92 Å². The number of benzene rings is 2. The minimum Gasteiger partial charge on any atom is -0.493 e. The van der Waals surface area contributed by atoms with Crippen LogP contribution in [0.2, 0.25) is 0 Å². The first-order valence-electron chi connectivity index (χ1n) is 8.65. The number of H-pyrrole nitrogens is 1. The monoisotopic (exact) mass is 352 g/mol. The van der Waals surface area contributed by atoms with Crippen LogP contribution in [0.3, 0.4) is 0 Å². The fourth-order valence-electron chi connectivity index (χ4n) is 3.02. The van der Waals surface area contributed by atoms with E-state index in [2.05, 4.69) is 22.4 Å². The van der Waals surface area contributed by atoms with E-state index in [9.17, 15) is 4.79 Å². The van der Waals surface area contributed by atoms with Crippen LogP contribution >= 0.6 is 0 Å². The fourth-order valence-corrected chi connectivity index (χ4v) is 3.02. The van der Waals surface area contributed by atoms with Crippen molar-refractivity contribution in [3.05, 3.63) is 59.3 Å². The summed E-state index contributed by atoms with van der Waals surface area (Å²) in [5.41, 5.74) is 4.39. The van der Waals surface area contributed by atoms with Crippen molar-refractivity contribution in [2.24, 2.45) is 0 Å². The van der Waals surface area contributed by atoms with Gasteiger partial charge in [0.25, 0.3) is 0 Å². The highest BCUT2D eigenvalue weighted by Gasteiger charge is 2.07. The van der Waals surface area contributed by atoms with E-state index < -0.39 is 0 Å². The zero-order valence-corrected chi connectivity index (χ0v) is 15.4. The Labute approximate surface area is 153 Å². The highest BCUT2D eigenvalue weighted by atomic mass is 16.5. The molecule has 0 unspecified atom stereocenters. The Hall–Kier alpha value is -2.95. The van der Waals surface area contributed by atoms with Crippen LogP contribution in [0.5, 0.6) is 11.5 Å². The highest BCUT2D eigenvalue weighted by molar-refractivity contribution is 5.81. The lowest BCUT2D eigenvalue weighted by Crippen LogP contribution is -2.22. The van der Waals surface area contributed by atoms with E-state index in [1.165, 1.54) is 5.39 Å². The molecule has 0 aliphatic heterocycles. The van der Waals surface area contributed by atoms with Gasteiger partial charge in [-0.1, -0.05) is 12.1 Å². The summed E-state index contributed by atoms with van der Waals surface area (Å²) in [6.45, 7) is 2.57. The van der Waals surface area contributed by atoms with Crippen molar-refractivity contribution in [1.29, 1.82) is 0 Å². The lowest BCUT2D eigenvalue weighted by Gasteiger charge is -2.10. The standard InChI is InChI=1S/C21H24N2O3/c1-14-10-17-11-16(4-7-18(17)23-14)13-22-21(24)9-6-15-5-8-19(25-2)20(12-15)26-3/h4-5,7-8,10-12,23H,6,9,13H2,1-3H3,(H,22,24). The SMILES string of the molecule is COc1ccc(CCC(=O)NCc2ccc3[nH]c(C)cc3c2)cc1OC. The van der Waals surface area contributed by atoms with Crippen molar-refractivity contribution in [3.63, 3.8) is 0 Å². The molecule has 0 bridgehead atoms. The maximum atomic E-state index is 12.2. The first-order chi connectivity index (χ1) is 12.6. The molecule has 1 aromatic heterocycles. The zero-order chi connectivity index (χ0) is 18.5. The number of ether oxygens (including phenoxy) is 2. The van der Waals surface area contributed by atoms with E-state index in [1.54, 1.807) is 14.2 Å². The normalized spacial score (nSPS) is 10.7. The average molecular weight is 352 g/mol. The largest absolute Gasteiger partial charge is 0.493 e.